The number of sulfone groups is 1. The molecule has 1 N–H and O–H groups in total. The summed E-state index contributed by atoms with van der Waals surface area (Å²) in [5.41, 5.74) is 0. The fourth-order valence-corrected chi connectivity index (χ4v) is 3.70. The first-order valence-corrected chi connectivity index (χ1v) is 7.23. The summed E-state index contributed by atoms with van der Waals surface area (Å²) >= 11 is 0. The first kappa shape index (κ1) is 12.0. The summed E-state index contributed by atoms with van der Waals surface area (Å²) < 4.78 is 22.5. The van der Waals surface area contributed by atoms with Crippen molar-refractivity contribution in [1.82, 2.24) is 5.32 Å². The third kappa shape index (κ3) is 3.24. The third-order valence-corrected chi connectivity index (χ3v) is 4.69. The SMILES string of the molecule is CC[C@H](N[C@H]1CCS(=O)(=O)C1)C(C)C. The van der Waals surface area contributed by atoms with E-state index in [9.17, 15) is 8.42 Å². The van der Waals surface area contributed by atoms with E-state index in [1.54, 1.807) is 0 Å². The molecule has 4 heteroatoms. The lowest BCUT2D eigenvalue weighted by Crippen LogP contribution is -2.41. The predicted molar refractivity (Wildman–Crippen MR) is 59.1 cm³/mol. The maximum absolute atomic E-state index is 11.2. The van der Waals surface area contributed by atoms with Crippen LogP contribution in [0.5, 0.6) is 0 Å². The molecule has 0 amide bonds. The molecule has 0 unspecified atom stereocenters. The molecule has 0 aromatic heterocycles. The summed E-state index contributed by atoms with van der Waals surface area (Å²) in [5, 5.41) is 3.44. The second-order valence-corrected chi connectivity index (χ2v) is 6.75. The zero-order chi connectivity index (χ0) is 10.8. The average molecular weight is 219 g/mol. The van der Waals surface area contributed by atoms with Crippen molar-refractivity contribution in [2.75, 3.05) is 11.5 Å². The smallest absolute Gasteiger partial charge is 0.151 e. The molecule has 3 nitrogen and oxygen atoms in total. The van der Waals surface area contributed by atoms with E-state index in [1.807, 2.05) is 0 Å². The molecule has 0 aromatic carbocycles. The maximum atomic E-state index is 11.2. The number of nitrogens with one attached hydrogen (secondary N) is 1. The van der Waals surface area contributed by atoms with Gasteiger partial charge in [0.1, 0.15) is 0 Å². The fourth-order valence-electron chi connectivity index (χ4n) is 2.01. The van der Waals surface area contributed by atoms with Crippen molar-refractivity contribution < 1.29 is 8.42 Å². The van der Waals surface area contributed by atoms with E-state index in [4.69, 9.17) is 0 Å². The third-order valence-electron chi connectivity index (χ3n) is 2.93. The molecular weight excluding hydrogens is 198 g/mol. The van der Waals surface area contributed by atoms with Gasteiger partial charge in [-0.1, -0.05) is 20.8 Å². The van der Waals surface area contributed by atoms with E-state index in [1.165, 1.54) is 0 Å². The van der Waals surface area contributed by atoms with Crippen molar-refractivity contribution in [2.24, 2.45) is 5.92 Å². The van der Waals surface area contributed by atoms with Crippen LogP contribution >= 0.6 is 0 Å². The van der Waals surface area contributed by atoms with Gasteiger partial charge in [0.25, 0.3) is 0 Å². The molecule has 14 heavy (non-hydrogen) atoms. The Bertz CT molecular complexity index is 272. The van der Waals surface area contributed by atoms with Crippen LogP contribution in [0.15, 0.2) is 0 Å². The monoisotopic (exact) mass is 219 g/mol. The Balaban J connectivity index is 2.45. The molecule has 84 valence electrons. The van der Waals surface area contributed by atoms with E-state index in [0.29, 0.717) is 23.5 Å². The first-order valence-electron chi connectivity index (χ1n) is 5.41. The molecule has 1 aliphatic rings. The second-order valence-electron chi connectivity index (χ2n) is 4.53. The minimum Gasteiger partial charge on any atom is -0.310 e. The molecule has 1 rings (SSSR count). The predicted octanol–water partition coefficient (Wildman–Crippen LogP) is 1.20. The van der Waals surface area contributed by atoms with E-state index in [2.05, 4.69) is 26.1 Å². The van der Waals surface area contributed by atoms with Crippen LogP contribution in [-0.2, 0) is 9.84 Å². The van der Waals surface area contributed by atoms with Crippen molar-refractivity contribution in [3.05, 3.63) is 0 Å². The van der Waals surface area contributed by atoms with E-state index in [-0.39, 0.29) is 6.04 Å². The standard InChI is InChI=1S/C10H21NO2S/c1-4-10(8(2)3)11-9-5-6-14(12,13)7-9/h8-11H,4-7H2,1-3H3/t9-,10-/m0/s1. The normalized spacial score (nSPS) is 28.1. The fraction of sp³-hybridized carbons (Fsp3) is 1.00. The van der Waals surface area contributed by atoms with Crippen molar-refractivity contribution >= 4 is 9.84 Å². The van der Waals surface area contributed by atoms with Crippen LogP contribution in [-0.4, -0.2) is 32.0 Å². The van der Waals surface area contributed by atoms with Gasteiger partial charge in [-0.05, 0) is 18.8 Å². The van der Waals surface area contributed by atoms with Crippen LogP contribution in [0.4, 0.5) is 0 Å². The van der Waals surface area contributed by atoms with Gasteiger partial charge in [0.15, 0.2) is 9.84 Å². The van der Waals surface area contributed by atoms with Crippen molar-refractivity contribution in [3.8, 4) is 0 Å². The summed E-state index contributed by atoms with van der Waals surface area (Å²) in [7, 11) is -2.74. The molecule has 0 aliphatic carbocycles. The summed E-state index contributed by atoms with van der Waals surface area (Å²) in [5.74, 6) is 1.26. The minimum atomic E-state index is -2.74. The Kier molecular flexibility index (Phi) is 3.95. The molecule has 0 bridgehead atoms. The molecule has 2 atom stereocenters. The van der Waals surface area contributed by atoms with Gasteiger partial charge < -0.3 is 5.32 Å². The van der Waals surface area contributed by atoms with Crippen LogP contribution in [0.2, 0.25) is 0 Å². The summed E-state index contributed by atoms with van der Waals surface area (Å²) in [6.07, 6.45) is 1.85. The lowest BCUT2D eigenvalue weighted by Gasteiger charge is -2.24. The second kappa shape index (κ2) is 4.62. The highest BCUT2D eigenvalue weighted by molar-refractivity contribution is 7.91. The van der Waals surface area contributed by atoms with Crippen molar-refractivity contribution in [1.29, 1.82) is 0 Å². The number of hydrogen-bond acceptors (Lipinski definition) is 3. The van der Waals surface area contributed by atoms with Crippen molar-refractivity contribution in [2.45, 2.75) is 45.7 Å². The molecule has 1 fully saturated rings. The molecule has 0 spiro atoms. The number of hydrogen-bond donors (Lipinski definition) is 1. The Morgan fingerprint density at radius 1 is 1.43 bits per heavy atom. The van der Waals surface area contributed by atoms with Crippen LogP contribution < -0.4 is 5.32 Å². The molecule has 0 saturated carbocycles. The van der Waals surface area contributed by atoms with Gasteiger partial charge in [0.05, 0.1) is 11.5 Å². The van der Waals surface area contributed by atoms with E-state index < -0.39 is 9.84 Å². The Hall–Kier alpha value is -0.0900. The van der Waals surface area contributed by atoms with Crippen LogP contribution in [0, 0.1) is 5.92 Å². The molecule has 1 saturated heterocycles. The average Bonchev–Trinajstić information content (AvgIpc) is 2.41. The first-order chi connectivity index (χ1) is 6.44. The quantitative estimate of drug-likeness (QED) is 0.773. The summed E-state index contributed by atoms with van der Waals surface area (Å²) in [4.78, 5) is 0. The largest absolute Gasteiger partial charge is 0.310 e. The topological polar surface area (TPSA) is 46.2 Å². The van der Waals surface area contributed by atoms with E-state index >= 15 is 0 Å². The highest BCUT2D eigenvalue weighted by Gasteiger charge is 2.29. The number of rotatable bonds is 4. The van der Waals surface area contributed by atoms with Crippen molar-refractivity contribution in [3.63, 3.8) is 0 Å². The molecule has 1 aliphatic heterocycles. The van der Waals surface area contributed by atoms with Gasteiger partial charge in [-0.25, -0.2) is 8.42 Å². The zero-order valence-electron chi connectivity index (χ0n) is 9.29. The maximum Gasteiger partial charge on any atom is 0.151 e. The highest BCUT2D eigenvalue weighted by atomic mass is 32.2. The van der Waals surface area contributed by atoms with Crippen LogP contribution in [0.3, 0.4) is 0 Å². The molecule has 1 heterocycles. The van der Waals surface area contributed by atoms with Gasteiger partial charge in [0.2, 0.25) is 0 Å². The molecule has 0 aromatic rings. The van der Waals surface area contributed by atoms with Gasteiger partial charge >= 0.3 is 0 Å². The lowest BCUT2D eigenvalue weighted by molar-refractivity contribution is 0.354. The Morgan fingerprint density at radius 2 is 2.07 bits per heavy atom. The van der Waals surface area contributed by atoms with Crippen LogP contribution in [0.25, 0.3) is 0 Å². The Morgan fingerprint density at radius 3 is 2.43 bits per heavy atom. The van der Waals surface area contributed by atoms with Gasteiger partial charge in [0, 0.05) is 12.1 Å². The molecular formula is C10H21NO2S. The zero-order valence-corrected chi connectivity index (χ0v) is 10.1. The summed E-state index contributed by atoms with van der Waals surface area (Å²) in [6, 6.07) is 0.639. The molecule has 0 radical (unpaired) electrons. The van der Waals surface area contributed by atoms with Gasteiger partial charge in [-0.2, -0.15) is 0 Å². The van der Waals surface area contributed by atoms with E-state index in [0.717, 1.165) is 12.8 Å². The highest BCUT2D eigenvalue weighted by Crippen LogP contribution is 2.15. The lowest BCUT2D eigenvalue weighted by atomic mass is 10.0. The van der Waals surface area contributed by atoms with Gasteiger partial charge in [-0.3, -0.25) is 0 Å². The van der Waals surface area contributed by atoms with Crippen LogP contribution in [0.1, 0.15) is 33.6 Å². The summed E-state index contributed by atoms with van der Waals surface area (Å²) in [6.45, 7) is 6.48. The van der Waals surface area contributed by atoms with Gasteiger partial charge in [-0.15, -0.1) is 0 Å². The Labute approximate surface area is 87.2 Å². The minimum absolute atomic E-state index is 0.187.